The molecule has 6 heteroatoms. The Kier molecular flexibility index (Phi) is 7.00. The van der Waals surface area contributed by atoms with Crippen molar-refractivity contribution in [3.8, 4) is 0 Å². The minimum Gasteiger partial charge on any atom is -0.481 e. The maximum absolute atomic E-state index is 11.2. The highest BCUT2D eigenvalue weighted by Crippen LogP contribution is 2.32. The monoisotopic (exact) mass is 260 g/mol. The fraction of sp³-hybridized carbons (Fsp3) is 0.750. The summed E-state index contributed by atoms with van der Waals surface area (Å²) in [5.74, 6) is -3.63. The normalized spacial score (nSPS) is 11.2. The number of hydrogen-bond donors (Lipinski definition) is 3. The Hall–Kier alpha value is -1.59. The second-order valence-corrected chi connectivity index (χ2v) is 4.40. The van der Waals surface area contributed by atoms with Crippen LogP contribution in [0.1, 0.15) is 51.9 Å². The van der Waals surface area contributed by atoms with Gasteiger partial charge in [0.05, 0.1) is 0 Å². The van der Waals surface area contributed by atoms with Crippen molar-refractivity contribution in [3.05, 3.63) is 0 Å². The van der Waals surface area contributed by atoms with Gasteiger partial charge in [0, 0.05) is 6.42 Å². The lowest BCUT2D eigenvalue weighted by Gasteiger charge is -2.24. The van der Waals surface area contributed by atoms with Crippen molar-refractivity contribution >= 4 is 17.9 Å². The molecule has 0 aromatic rings. The van der Waals surface area contributed by atoms with Crippen LogP contribution in [0.3, 0.4) is 0 Å². The Morgan fingerprint density at radius 1 is 0.889 bits per heavy atom. The van der Waals surface area contributed by atoms with Gasteiger partial charge in [-0.25, -0.2) is 0 Å². The zero-order chi connectivity index (χ0) is 14.2. The van der Waals surface area contributed by atoms with Crippen LogP contribution in [0.25, 0.3) is 0 Å². The fourth-order valence-corrected chi connectivity index (χ4v) is 1.83. The van der Waals surface area contributed by atoms with Gasteiger partial charge in [-0.1, -0.05) is 26.2 Å². The van der Waals surface area contributed by atoms with Gasteiger partial charge in [-0.2, -0.15) is 0 Å². The fourth-order valence-electron chi connectivity index (χ4n) is 1.83. The minimum atomic E-state index is -1.77. The SMILES string of the molecule is CCCCC(CCCCC(=O)O)(C(=O)O)C(=O)O. The number of carboxylic acids is 3. The standard InChI is InChI=1S/C12H20O6/c1-2-3-7-12(10(15)16,11(17)18)8-5-4-6-9(13)14/h2-8H2,1H3,(H,13,14)(H,15,16)(H,17,18). The van der Waals surface area contributed by atoms with E-state index < -0.39 is 23.3 Å². The van der Waals surface area contributed by atoms with Crippen LogP contribution in [0.2, 0.25) is 0 Å². The lowest BCUT2D eigenvalue weighted by Crippen LogP contribution is -2.39. The Balaban J connectivity index is 4.58. The molecule has 0 bridgehead atoms. The molecular formula is C12H20O6. The molecule has 0 fully saturated rings. The van der Waals surface area contributed by atoms with E-state index in [-0.39, 0.29) is 25.7 Å². The van der Waals surface area contributed by atoms with Gasteiger partial charge in [0.1, 0.15) is 0 Å². The van der Waals surface area contributed by atoms with Crippen molar-refractivity contribution < 1.29 is 29.7 Å². The van der Waals surface area contributed by atoms with E-state index in [0.717, 1.165) is 6.42 Å². The minimum absolute atomic E-state index is 0.0229. The highest BCUT2D eigenvalue weighted by atomic mass is 16.4. The first-order valence-corrected chi connectivity index (χ1v) is 6.05. The highest BCUT2D eigenvalue weighted by Gasteiger charge is 2.45. The summed E-state index contributed by atoms with van der Waals surface area (Å²) < 4.78 is 0. The summed E-state index contributed by atoms with van der Waals surface area (Å²) in [5.41, 5.74) is -1.77. The zero-order valence-electron chi connectivity index (χ0n) is 10.5. The van der Waals surface area contributed by atoms with Gasteiger partial charge in [-0.15, -0.1) is 0 Å². The third-order valence-corrected chi connectivity index (χ3v) is 3.02. The van der Waals surface area contributed by atoms with Gasteiger partial charge < -0.3 is 15.3 Å². The molecule has 0 aliphatic carbocycles. The van der Waals surface area contributed by atoms with Gasteiger partial charge in [0.25, 0.3) is 0 Å². The van der Waals surface area contributed by atoms with Crippen molar-refractivity contribution in [3.63, 3.8) is 0 Å². The molecule has 104 valence electrons. The van der Waals surface area contributed by atoms with Crippen LogP contribution in [0.5, 0.6) is 0 Å². The highest BCUT2D eigenvalue weighted by molar-refractivity contribution is 5.98. The van der Waals surface area contributed by atoms with Gasteiger partial charge in [0.15, 0.2) is 5.41 Å². The van der Waals surface area contributed by atoms with Crippen LogP contribution in [-0.4, -0.2) is 33.2 Å². The third-order valence-electron chi connectivity index (χ3n) is 3.02. The topological polar surface area (TPSA) is 112 Å². The lowest BCUT2D eigenvalue weighted by atomic mass is 9.78. The molecule has 0 saturated heterocycles. The van der Waals surface area contributed by atoms with Crippen LogP contribution in [0.4, 0.5) is 0 Å². The van der Waals surface area contributed by atoms with Crippen molar-refractivity contribution in [2.75, 3.05) is 0 Å². The smallest absolute Gasteiger partial charge is 0.321 e. The van der Waals surface area contributed by atoms with E-state index >= 15 is 0 Å². The second-order valence-electron chi connectivity index (χ2n) is 4.40. The van der Waals surface area contributed by atoms with E-state index in [1.165, 1.54) is 0 Å². The maximum Gasteiger partial charge on any atom is 0.321 e. The van der Waals surface area contributed by atoms with E-state index in [2.05, 4.69) is 0 Å². The molecule has 0 rings (SSSR count). The Morgan fingerprint density at radius 2 is 1.39 bits per heavy atom. The molecule has 0 amide bonds. The molecule has 0 aromatic heterocycles. The molecule has 0 spiro atoms. The molecular weight excluding hydrogens is 240 g/mol. The van der Waals surface area contributed by atoms with Crippen LogP contribution < -0.4 is 0 Å². The van der Waals surface area contributed by atoms with E-state index in [9.17, 15) is 14.4 Å². The predicted molar refractivity (Wildman–Crippen MR) is 63.3 cm³/mol. The summed E-state index contributed by atoms with van der Waals surface area (Å²) in [4.78, 5) is 32.7. The first-order chi connectivity index (χ1) is 8.36. The van der Waals surface area contributed by atoms with E-state index in [1.54, 1.807) is 0 Å². The first kappa shape index (κ1) is 16.4. The molecule has 0 radical (unpaired) electrons. The molecule has 0 atom stereocenters. The summed E-state index contributed by atoms with van der Waals surface area (Å²) in [6.45, 7) is 1.86. The lowest BCUT2D eigenvalue weighted by molar-refractivity contribution is -0.166. The molecule has 0 aliphatic heterocycles. The third kappa shape index (κ3) is 4.73. The van der Waals surface area contributed by atoms with Crippen molar-refractivity contribution in [1.29, 1.82) is 0 Å². The molecule has 18 heavy (non-hydrogen) atoms. The number of unbranched alkanes of at least 4 members (excludes halogenated alkanes) is 2. The molecule has 0 saturated carbocycles. The van der Waals surface area contributed by atoms with Gasteiger partial charge in [-0.3, -0.25) is 14.4 Å². The zero-order valence-corrected chi connectivity index (χ0v) is 10.5. The molecule has 0 unspecified atom stereocenters. The summed E-state index contributed by atoms with van der Waals surface area (Å²) in [7, 11) is 0. The number of carbonyl (C=O) groups is 3. The first-order valence-electron chi connectivity index (χ1n) is 6.05. The second kappa shape index (κ2) is 7.68. The molecule has 0 aromatic carbocycles. The van der Waals surface area contributed by atoms with Gasteiger partial charge in [-0.05, 0) is 19.3 Å². The van der Waals surface area contributed by atoms with E-state index in [1.807, 2.05) is 6.92 Å². The number of rotatable bonds is 10. The summed E-state index contributed by atoms with van der Waals surface area (Å²) in [6.07, 6.45) is 1.82. The number of hydrogen-bond acceptors (Lipinski definition) is 3. The molecule has 0 aliphatic rings. The van der Waals surface area contributed by atoms with Crippen LogP contribution in [0, 0.1) is 5.41 Å². The van der Waals surface area contributed by atoms with Crippen LogP contribution in [0.15, 0.2) is 0 Å². The van der Waals surface area contributed by atoms with E-state index in [0.29, 0.717) is 12.8 Å². The predicted octanol–water partition coefficient (Wildman–Crippen LogP) is 1.98. The van der Waals surface area contributed by atoms with Crippen molar-refractivity contribution in [2.24, 2.45) is 5.41 Å². The largest absolute Gasteiger partial charge is 0.481 e. The summed E-state index contributed by atoms with van der Waals surface area (Å²) >= 11 is 0. The van der Waals surface area contributed by atoms with Crippen LogP contribution >= 0.6 is 0 Å². The van der Waals surface area contributed by atoms with Gasteiger partial charge in [0.2, 0.25) is 0 Å². The van der Waals surface area contributed by atoms with Gasteiger partial charge >= 0.3 is 17.9 Å². The Labute approximate surface area is 106 Å². The summed E-state index contributed by atoms with van der Waals surface area (Å²) in [5, 5.41) is 26.7. The number of aliphatic carboxylic acids is 3. The molecule has 0 heterocycles. The Morgan fingerprint density at radius 3 is 1.78 bits per heavy atom. The molecule has 3 N–H and O–H groups in total. The summed E-state index contributed by atoms with van der Waals surface area (Å²) in [6, 6.07) is 0. The maximum atomic E-state index is 11.2. The van der Waals surface area contributed by atoms with Crippen LogP contribution in [-0.2, 0) is 14.4 Å². The molecule has 6 nitrogen and oxygen atoms in total. The van der Waals surface area contributed by atoms with E-state index in [4.69, 9.17) is 15.3 Å². The quantitative estimate of drug-likeness (QED) is 0.409. The van der Waals surface area contributed by atoms with Crippen molar-refractivity contribution in [2.45, 2.75) is 51.9 Å². The Bertz CT molecular complexity index is 296. The van der Waals surface area contributed by atoms with Crippen molar-refractivity contribution in [1.82, 2.24) is 0 Å². The average molecular weight is 260 g/mol. The number of carboxylic acid groups (broad SMARTS) is 3. The average Bonchev–Trinajstić information content (AvgIpc) is 2.27.